The van der Waals surface area contributed by atoms with Crippen molar-refractivity contribution in [3.63, 3.8) is 0 Å². The van der Waals surface area contributed by atoms with Crippen LogP contribution in [0.3, 0.4) is 0 Å². The molecule has 0 spiro atoms. The van der Waals surface area contributed by atoms with Crippen molar-refractivity contribution < 1.29 is 4.79 Å². The van der Waals surface area contributed by atoms with Crippen molar-refractivity contribution in [1.29, 1.82) is 0 Å². The first-order valence-electron chi connectivity index (χ1n) is 9.06. The number of hydrogen-bond acceptors (Lipinski definition) is 4. The average Bonchev–Trinajstić information content (AvgIpc) is 2.94. The summed E-state index contributed by atoms with van der Waals surface area (Å²) in [4.78, 5) is 21.4. The fourth-order valence-electron chi connectivity index (χ4n) is 3.06. The number of aromatic nitrogens is 4. The van der Waals surface area contributed by atoms with Gasteiger partial charge in [-0.2, -0.15) is 5.10 Å². The van der Waals surface area contributed by atoms with Crippen molar-refractivity contribution in [2.45, 2.75) is 47.2 Å². The van der Waals surface area contributed by atoms with Gasteiger partial charge in [-0.1, -0.05) is 12.1 Å². The number of nitrogens with one attached hydrogen (secondary N) is 1. The van der Waals surface area contributed by atoms with E-state index in [1.807, 2.05) is 69.6 Å². The standard InChI is InChI=1S/C21H25N5O/c1-13-10-16(4)26(25-13)12-15(3)24-21(27)19-8-6-18(7-9-19)20-17(5)22-11-14(2)23-20/h6-11,15H,12H2,1-5H3,(H,24,27). The molecule has 0 fully saturated rings. The van der Waals surface area contributed by atoms with Gasteiger partial charge in [0.1, 0.15) is 0 Å². The molecule has 3 aromatic rings. The molecule has 0 aliphatic rings. The lowest BCUT2D eigenvalue weighted by molar-refractivity contribution is 0.0936. The van der Waals surface area contributed by atoms with Crippen LogP contribution in [0.2, 0.25) is 0 Å². The molecule has 2 heterocycles. The fourth-order valence-corrected chi connectivity index (χ4v) is 3.06. The van der Waals surface area contributed by atoms with Gasteiger partial charge in [-0.15, -0.1) is 0 Å². The first-order chi connectivity index (χ1) is 12.8. The van der Waals surface area contributed by atoms with Crippen LogP contribution in [-0.2, 0) is 6.54 Å². The Hall–Kier alpha value is -3.02. The van der Waals surface area contributed by atoms with E-state index in [0.717, 1.165) is 34.0 Å². The van der Waals surface area contributed by atoms with E-state index in [4.69, 9.17) is 0 Å². The van der Waals surface area contributed by atoms with Crippen molar-refractivity contribution in [3.05, 3.63) is 64.9 Å². The fraction of sp³-hybridized carbons (Fsp3) is 0.333. The molecular weight excluding hydrogens is 338 g/mol. The zero-order chi connectivity index (χ0) is 19.6. The predicted molar refractivity (Wildman–Crippen MR) is 106 cm³/mol. The Morgan fingerprint density at radius 2 is 1.81 bits per heavy atom. The third-order valence-electron chi connectivity index (χ3n) is 4.42. The smallest absolute Gasteiger partial charge is 0.251 e. The molecule has 0 saturated carbocycles. The van der Waals surface area contributed by atoms with E-state index >= 15 is 0 Å². The van der Waals surface area contributed by atoms with Crippen molar-refractivity contribution in [1.82, 2.24) is 25.1 Å². The molecular formula is C21H25N5O. The summed E-state index contributed by atoms with van der Waals surface area (Å²) in [5.74, 6) is -0.0948. The monoisotopic (exact) mass is 363 g/mol. The van der Waals surface area contributed by atoms with Gasteiger partial charge < -0.3 is 5.32 Å². The molecule has 0 bridgehead atoms. The minimum Gasteiger partial charge on any atom is -0.348 e. The van der Waals surface area contributed by atoms with Crippen LogP contribution in [0.15, 0.2) is 36.5 Å². The molecule has 140 valence electrons. The number of benzene rings is 1. The Morgan fingerprint density at radius 1 is 1.11 bits per heavy atom. The van der Waals surface area contributed by atoms with Gasteiger partial charge in [0.2, 0.25) is 0 Å². The largest absolute Gasteiger partial charge is 0.348 e. The first kappa shape index (κ1) is 18.8. The number of carbonyl (C=O) groups excluding carboxylic acids is 1. The van der Waals surface area contributed by atoms with Crippen LogP contribution < -0.4 is 5.32 Å². The third kappa shape index (κ3) is 4.39. The first-order valence-corrected chi connectivity index (χ1v) is 9.06. The lowest BCUT2D eigenvalue weighted by Gasteiger charge is -2.15. The molecule has 1 amide bonds. The molecule has 2 aromatic heterocycles. The number of nitrogens with zero attached hydrogens (tertiary/aromatic N) is 4. The topological polar surface area (TPSA) is 72.7 Å². The molecule has 1 atom stereocenters. The summed E-state index contributed by atoms with van der Waals surface area (Å²) >= 11 is 0. The summed E-state index contributed by atoms with van der Waals surface area (Å²) in [6, 6.07) is 9.48. The van der Waals surface area contributed by atoms with Gasteiger partial charge in [-0.05, 0) is 52.8 Å². The zero-order valence-corrected chi connectivity index (χ0v) is 16.4. The van der Waals surface area contributed by atoms with E-state index < -0.39 is 0 Å². The molecule has 6 heteroatoms. The van der Waals surface area contributed by atoms with Gasteiger partial charge in [0.15, 0.2) is 0 Å². The average molecular weight is 363 g/mol. The Balaban J connectivity index is 1.68. The summed E-state index contributed by atoms with van der Waals surface area (Å²) in [5, 5.41) is 7.48. The second kappa shape index (κ2) is 7.70. The summed E-state index contributed by atoms with van der Waals surface area (Å²) in [6.07, 6.45) is 1.75. The summed E-state index contributed by atoms with van der Waals surface area (Å²) in [5.41, 5.74) is 6.24. The van der Waals surface area contributed by atoms with Crippen LogP contribution in [0.5, 0.6) is 0 Å². The van der Waals surface area contributed by atoms with Gasteiger partial charge >= 0.3 is 0 Å². The zero-order valence-electron chi connectivity index (χ0n) is 16.4. The summed E-state index contributed by atoms with van der Waals surface area (Å²) in [7, 11) is 0. The van der Waals surface area contributed by atoms with E-state index in [1.54, 1.807) is 6.20 Å². The molecule has 0 saturated heterocycles. The highest BCUT2D eigenvalue weighted by molar-refractivity contribution is 5.94. The van der Waals surface area contributed by atoms with E-state index in [2.05, 4.69) is 20.4 Å². The predicted octanol–water partition coefficient (Wildman–Crippen LogP) is 3.39. The van der Waals surface area contributed by atoms with Gasteiger partial charge in [0.25, 0.3) is 5.91 Å². The second-order valence-electron chi connectivity index (χ2n) is 7.01. The Morgan fingerprint density at radius 3 is 2.44 bits per heavy atom. The van der Waals surface area contributed by atoms with E-state index in [-0.39, 0.29) is 11.9 Å². The number of hydrogen-bond donors (Lipinski definition) is 1. The highest BCUT2D eigenvalue weighted by Gasteiger charge is 2.13. The highest BCUT2D eigenvalue weighted by atomic mass is 16.1. The van der Waals surface area contributed by atoms with Crippen molar-refractivity contribution in [2.75, 3.05) is 0 Å². The third-order valence-corrected chi connectivity index (χ3v) is 4.42. The van der Waals surface area contributed by atoms with Crippen LogP contribution in [-0.4, -0.2) is 31.7 Å². The number of aryl methyl sites for hydroxylation is 4. The van der Waals surface area contributed by atoms with Crippen LogP contribution in [0.1, 0.15) is 40.1 Å². The molecule has 0 aliphatic heterocycles. The van der Waals surface area contributed by atoms with Crippen LogP contribution >= 0.6 is 0 Å². The highest BCUT2D eigenvalue weighted by Crippen LogP contribution is 2.20. The maximum atomic E-state index is 12.5. The molecule has 1 unspecified atom stereocenters. The molecule has 3 rings (SSSR count). The molecule has 0 radical (unpaired) electrons. The molecule has 27 heavy (non-hydrogen) atoms. The Labute approximate surface area is 159 Å². The molecule has 1 N–H and O–H groups in total. The number of amides is 1. The van der Waals surface area contributed by atoms with Crippen LogP contribution in [0.25, 0.3) is 11.3 Å². The van der Waals surface area contributed by atoms with E-state index in [9.17, 15) is 4.79 Å². The van der Waals surface area contributed by atoms with Gasteiger partial charge in [-0.3, -0.25) is 14.5 Å². The number of rotatable bonds is 5. The van der Waals surface area contributed by atoms with Crippen molar-refractivity contribution in [3.8, 4) is 11.3 Å². The Kier molecular flexibility index (Phi) is 5.35. The molecule has 1 aromatic carbocycles. The van der Waals surface area contributed by atoms with E-state index in [1.165, 1.54) is 0 Å². The minimum atomic E-state index is -0.0948. The Bertz CT molecular complexity index is 959. The van der Waals surface area contributed by atoms with Crippen LogP contribution in [0, 0.1) is 27.7 Å². The maximum Gasteiger partial charge on any atom is 0.251 e. The van der Waals surface area contributed by atoms with Crippen molar-refractivity contribution >= 4 is 5.91 Å². The van der Waals surface area contributed by atoms with E-state index in [0.29, 0.717) is 12.1 Å². The summed E-state index contributed by atoms with van der Waals surface area (Å²) < 4.78 is 1.92. The quantitative estimate of drug-likeness (QED) is 0.754. The lowest BCUT2D eigenvalue weighted by atomic mass is 10.1. The molecule has 0 aliphatic carbocycles. The van der Waals surface area contributed by atoms with Gasteiger partial charge in [0.05, 0.1) is 29.3 Å². The second-order valence-corrected chi connectivity index (χ2v) is 7.01. The minimum absolute atomic E-state index is 0.0277. The van der Waals surface area contributed by atoms with Gasteiger partial charge in [-0.25, -0.2) is 4.98 Å². The van der Waals surface area contributed by atoms with Crippen LogP contribution in [0.4, 0.5) is 0 Å². The SMILES string of the molecule is Cc1cnc(C)c(-c2ccc(C(=O)NC(C)Cn3nc(C)cc3C)cc2)n1. The lowest BCUT2D eigenvalue weighted by Crippen LogP contribution is -2.36. The molecule has 6 nitrogen and oxygen atoms in total. The normalized spacial score (nSPS) is 12.0. The maximum absolute atomic E-state index is 12.5. The number of carbonyl (C=O) groups is 1. The van der Waals surface area contributed by atoms with Gasteiger partial charge in [0, 0.05) is 29.1 Å². The summed E-state index contributed by atoms with van der Waals surface area (Å²) in [6.45, 7) is 10.5. The van der Waals surface area contributed by atoms with Crippen molar-refractivity contribution in [2.24, 2.45) is 0 Å².